The zero-order valence-electron chi connectivity index (χ0n) is 22.8. The number of nitrogens with zero attached hydrogens (tertiary/aromatic N) is 6. The standard InChI is InChI=1S/C30H12N8O4S4/c31-5-37-27(39)11-1-15(33-7-43)21-22-16(34-8-44)3-13-20-14(30(42)38(6-32)29(13)41)4-18(36-10-46)24(26(20)22)23-17(35-9-45)2-12(28(37)40)19(11)25(21)23/h1-4H,5-6,31-32H2. The van der Waals surface area contributed by atoms with Crippen LogP contribution in [-0.2, 0) is 0 Å². The molecular weight excluding hydrogens is 665 g/mol. The van der Waals surface area contributed by atoms with Gasteiger partial charge in [-0.25, -0.2) is 0 Å². The highest BCUT2D eigenvalue weighted by molar-refractivity contribution is 7.78. The first-order valence-corrected chi connectivity index (χ1v) is 14.7. The minimum absolute atomic E-state index is 0.111. The van der Waals surface area contributed by atoms with Crippen LogP contribution in [0.1, 0.15) is 41.4 Å². The molecule has 16 heteroatoms. The minimum atomic E-state index is -0.659. The summed E-state index contributed by atoms with van der Waals surface area (Å²) in [6, 6.07) is 5.88. The number of amides is 4. The Hall–Kier alpha value is -5.20. The van der Waals surface area contributed by atoms with Gasteiger partial charge in [-0.05, 0) is 73.1 Å². The van der Waals surface area contributed by atoms with E-state index in [9.17, 15) is 19.2 Å². The highest BCUT2D eigenvalue weighted by Crippen LogP contribution is 2.55. The van der Waals surface area contributed by atoms with E-state index in [4.69, 9.17) is 60.3 Å². The van der Waals surface area contributed by atoms with Crippen molar-refractivity contribution >= 4 is 159 Å². The Morgan fingerprint density at radius 3 is 0.891 bits per heavy atom. The summed E-state index contributed by atoms with van der Waals surface area (Å²) in [5, 5.41) is 12.0. The van der Waals surface area contributed by atoms with Crippen LogP contribution in [-0.4, -0.2) is 67.4 Å². The van der Waals surface area contributed by atoms with Gasteiger partial charge < -0.3 is 11.5 Å². The van der Waals surface area contributed by atoms with Crippen LogP contribution in [0.3, 0.4) is 0 Å². The number of carbonyl (C=O) groups is 4. The van der Waals surface area contributed by atoms with Gasteiger partial charge in [0.25, 0.3) is 23.6 Å². The van der Waals surface area contributed by atoms with Crippen molar-refractivity contribution < 1.29 is 19.2 Å². The van der Waals surface area contributed by atoms with E-state index in [0.29, 0.717) is 32.3 Å². The van der Waals surface area contributed by atoms with Crippen LogP contribution in [0.25, 0.3) is 43.1 Å². The summed E-state index contributed by atoms with van der Waals surface area (Å²) >= 11 is 20.0. The molecule has 2 aliphatic rings. The Morgan fingerprint density at radius 1 is 0.457 bits per heavy atom. The van der Waals surface area contributed by atoms with Crippen molar-refractivity contribution in [1.82, 2.24) is 9.80 Å². The fourth-order valence-corrected chi connectivity index (χ4v) is 6.94. The molecule has 0 fully saturated rings. The lowest BCUT2D eigenvalue weighted by Gasteiger charge is -2.30. The van der Waals surface area contributed by atoms with Crippen molar-refractivity contribution in [3.8, 4) is 0 Å². The first-order chi connectivity index (χ1) is 22.3. The molecule has 5 aromatic rings. The fourth-order valence-electron chi connectivity index (χ4n) is 6.55. The predicted octanol–water partition coefficient (Wildman–Crippen LogP) is 5.70. The molecule has 0 radical (unpaired) electrons. The number of aliphatic imine (C=N–C) groups is 4. The summed E-state index contributed by atoms with van der Waals surface area (Å²) in [6.45, 7) is -0.785. The third-order valence-electron chi connectivity index (χ3n) is 8.16. The molecule has 2 heterocycles. The summed E-state index contributed by atoms with van der Waals surface area (Å²) in [4.78, 5) is 73.8. The largest absolute Gasteiger partial charge is 0.313 e. The number of hydrogen-bond donors (Lipinski definition) is 2. The van der Waals surface area contributed by atoms with Gasteiger partial charge in [0.2, 0.25) is 0 Å². The molecular formula is C30H12N8O4S4. The fraction of sp³-hybridized carbons (Fsp3) is 0.0667. The molecule has 2 aliphatic heterocycles. The van der Waals surface area contributed by atoms with E-state index < -0.39 is 37.0 Å². The van der Waals surface area contributed by atoms with Crippen molar-refractivity contribution in [2.24, 2.45) is 31.4 Å². The second-order valence-corrected chi connectivity index (χ2v) is 10.8. The topological polar surface area (TPSA) is 176 Å². The van der Waals surface area contributed by atoms with Crippen LogP contribution in [0.2, 0.25) is 0 Å². The number of hydrogen-bond acceptors (Lipinski definition) is 14. The van der Waals surface area contributed by atoms with Gasteiger partial charge in [0, 0.05) is 43.1 Å². The maximum Gasteiger partial charge on any atom is 0.262 e. The Kier molecular flexibility index (Phi) is 6.87. The molecule has 0 saturated carbocycles. The number of rotatable bonds is 6. The molecule has 4 N–H and O–H groups in total. The third kappa shape index (κ3) is 3.68. The molecule has 0 aromatic heterocycles. The van der Waals surface area contributed by atoms with Gasteiger partial charge >= 0.3 is 0 Å². The second kappa shape index (κ2) is 10.7. The Bertz CT molecular complexity index is 2230. The molecule has 0 unspecified atom stereocenters. The van der Waals surface area contributed by atoms with E-state index in [1.165, 1.54) is 24.3 Å². The summed E-state index contributed by atoms with van der Waals surface area (Å²) in [5.41, 5.74) is 12.7. The third-order valence-corrected chi connectivity index (χ3v) is 8.52. The zero-order chi connectivity index (χ0) is 32.6. The summed E-state index contributed by atoms with van der Waals surface area (Å²) < 4.78 is 0. The van der Waals surface area contributed by atoms with Crippen LogP contribution < -0.4 is 11.5 Å². The van der Waals surface area contributed by atoms with Gasteiger partial charge in [-0.15, -0.1) is 0 Å². The normalized spacial score (nSPS) is 13.7. The van der Waals surface area contributed by atoms with E-state index >= 15 is 0 Å². The van der Waals surface area contributed by atoms with Gasteiger partial charge in [0.05, 0.1) is 79.0 Å². The number of fused-ring (bicyclic) bond motifs is 2. The molecule has 4 amide bonds. The second-order valence-electron chi connectivity index (χ2n) is 10.0. The lowest BCUT2D eigenvalue weighted by Crippen LogP contribution is -2.43. The Morgan fingerprint density at radius 2 is 0.696 bits per heavy atom. The molecule has 0 atom stereocenters. The predicted molar refractivity (Wildman–Crippen MR) is 186 cm³/mol. The van der Waals surface area contributed by atoms with Crippen LogP contribution in [0, 0.1) is 0 Å². The zero-order valence-corrected chi connectivity index (χ0v) is 26.1. The van der Waals surface area contributed by atoms with Gasteiger partial charge in [-0.1, -0.05) is 0 Å². The monoisotopic (exact) mass is 676 g/mol. The van der Waals surface area contributed by atoms with Crippen molar-refractivity contribution in [1.29, 1.82) is 0 Å². The summed E-state index contributed by atoms with van der Waals surface area (Å²) in [5.74, 6) is -2.64. The number of benzene rings is 5. The summed E-state index contributed by atoms with van der Waals surface area (Å²) in [6.07, 6.45) is 0. The Labute approximate surface area is 278 Å². The van der Waals surface area contributed by atoms with Gasteiger partial charge in [-0.2, -0.15) is 20.0 Å². The molecule has 0 saturated heterocycles. The highest BCUT2D eigenvalue weighted by atomic mass is 32.1. The molecule has 0 spiro atoms. The van der Waals surface area contributed by atoms with Crippen LogP contribution in [0.15, 0.2) is 44.2 Å². The van der Waals surface area contributed by atoms with E-state index in [1.807, 2.05) is 0 Å². The van der Waals surface area contributed by atoms with Crippen molar-refractivity contribution in [3.05, 3.63) is 46.5 Å². The maximum absolute atomic E-state index is 13.7. The summed E-state index contributed by atoms with van der Waals surface area (Å²) in [7, 11) is 0. The van der Waals surface area contributed by atoms with Gasteiger partial charge in [0.15, 0.2) is 0 Å². The highest BCUT2D eigenvalue weighted by Gasteiger charge is 2.39. The average molecular weight is 677 g/mol. The number of thiocarbonyl (C=S) groups is 4. The van der Waals surface area contributed by atoms with Gasteiger partial charge in [-0.3, -0.25) is 29.0 Å². The maximum atomic E-state index is 13.7. The Balaban J connectivity index is 1.95. The molecule has 7 rings (SSSR count). The molecule has 0 bridgehead atoms. The van der Waals surface area contributed by atoms with E-state index in [-0.39, 0.29) is 55.8 Å². The van der Waals surface area contributed by atoms with Crippen molar-refractivity contribution in [3.63, 3.8) is 0 Å². The first kappa shape index (κ1) is 29.5. The lowest BCUT2D eigenvalue weighted by molar-refractivity contribution is 0.0599. The van der Waals surface area contributed by atoms with Crippen LogP contribution >= 0.6 is 48.9 Å². The van der Waals surface area contributed by atoms with Crippen LogP contribution in [0.5, 0.6) is 0 Å². The van der Waals surface area contributed by atoms with Crippen molar-refractivity contribution in [2.45, 2.75) is 0 Å². The van der Waals surface area contributed by atoms with E-state index in [1.54, 1.807) is 0 Å². The molecule has 220 valence electrons. The molecule has 12 nitrogen and oxygen atoms in total. The van der Waals surface area contributed by atoms with Crippen LogP contribution in [0.4, 0.5) is 22.7 Å². The van der Waals surface area contributed by atoms with E-state index in [2.05, 4.69) is 40.6 Å². The first-order valence-electron chi connectivity index (χ1n) is 13.1. The number of carbonyl (C=O) groups excluding carboxylic acids is 4. The van der Waals surface area contributed by atoms with Gasteiger partial charge in [0.1, 0.15) is 0 Å². The number of imide groups is 2. The quantitative estimate of drug-likeness (QED) is 0.0746. The molecule has 46 heavy (non-hydrogen) atoms. The number of isothiocyanates is 4. The lowest BCUT2D eigenvalue weighted by atomic mass is 9.80. The minimum Gasteiger partial charge on any atom is -0.313 e. The number of nitrogens with two attached hydrogens (primary N) is 2. The smallest absolute Gasteiger partial charge is 0.262 e. The van der Waals surface area contributed by atoms with E-state index in [0.717, 1.165) is 9.80 Å². The molecule has 5 aromatic carbocycles. The average Bonchev–Trinajstić information content (AvgIpc) is 3.04. The molecule has 0 aliphatic carbocycles. The SMILES string of the molecule is NCN1C(=O)c2cc(N=C=S)c3c4c(N=C=S)cc5c6c(cc(N=C=S)c(c7c(N=C=S)cc(c2c37)C1=O)c64)C(=O)N(CN)C5=O. The van der Waals surface area contributed by atoms with Crippen molar-refractivity contribution in [2.75, 3.05) is 13.3 Å².